The zero-order valence-corrected chi connectivity index (χ0v) is 11.4. The van der Waals surface area contributed by atoms with Gasteiger partial charge in [-0.15, -0.1) is 22.7 Å². The summed E-state index contributed by atoms with van der Waals surface area (Å²) in [5.41, 5.74) is 1.85. The highest BCUT2D eigenvalue weighted by Gasteiger charge is 2.14. The van der Waals surface area contributed by atoms with Crippen molar-refractivity contribution < 1.29 is 5.11 Å². The van der Waals surface area contributed by atoms with E-state index >= 15 is 0 Å². The van der Waals surface area contributed by atoms with E-state index in [0.29, 0.717) is 0 Å². The highest BCUT2D eigenvalue weighted by Crippen LogP contribution is 2.33. The number of hydrogen-bond donors (Lipinski definition) is 1. The zero-order chi connectivity index (χ0) is 11.8. The summed E-state index contributed by atoms with van der Waals surface area (Å²) in [4.78, 5) is 9.80. The third kappa shape index (κ3) is 1.99. The Bertz CT molecular complexity index is 655. The number of aromatic nitrogens is 3. The van der Waals surface area contributed by atoms with E-state index in [4.69, 9.17) is 0 Å². The second kappa shape index (κ2) is 4.41. The Balaban J connectivity index is 2.01. The molecule has 3 aromatic rings. The van der Waals surface area contributed by atoms with Crippen LogP contribution >= 0.6 is 34.4 Å². The van der Waals surface area contributed by atoms with E-state index in [1.54, 1.807) is 22.7 Å². The van der Waals surface area contributed by atoms with Crippen LogP contribution in [0.1, 0.15) is 11.4 Å². The molecule has 3 heterocycles. The quantitative estimate of drug-likeness (QED) is 0.803. The summed E-state index contributed by atoms with van der Waals surface area (Å²) in [6.45, 7) is 1.96. The van der Waals surface area contributed by atoms with Crippen LogP contribution in [0, 0.1) is 6.92 Å². The number of fused-ring (bicyclic) bond motifs is 1. The fourth-order valence-corrected chi connectivity index (χ4v) is 4.15. The molecule has 0 saturated carbocycles. The second-order valence-corrected chi connectivity index (χ2v) is 6.40. The summed E-state index contributed by atoms with van der Waals surface area (Å²) in [5.74, 6) is 0. The number of aliphatic hydroxyl groups is 1. The van der Waals surface area contributed by atoms with Crippen molar-refractivity contribution in [3.05, 3.63) is 28.3 Å². The Hall–Kier alpha value is -0.890. The minimum atomic E-state index is -0.00933. The van der Waals surface area contributed by atoms with Gasteiger partial charge in [-0.2, -0.15) is 0 Å². The minimum Gasteiger partial charge on any atom is -0.390 e. The summed E-state index contributed by atoms with van der Waals surface area (Å²) in [6, 6.07) is 0. The molecule has 4 nitrogen and oxygen atoms in total. The topological polar surface area (TPSA) is 50.4 Å². The van der Waals surface area contributed by atoms with Gasteiger partial charge in [0.05, 0.1) is 12.3 Å². The lowest BCUT2D eigenvalue weighted by molar-refractivity contribution is 0.272. The summed E-state index contributed by atoms with van der Waals surface area (Å²) < 4.78 is 2.89. The number of hydrogen-bond acceptors (Lipinski definition) is 6. The number of nitrogens with zero attached hydrogens (tertiary/aromatic N) is 3. The molecular formula is C10H9N3OS3. The predicted molar refractivity (Wildman–Crippen MR) is 70.0 cm³/mol. The summed E-state index contributed by atoms with van der Waals surface area (Å²) in [5, 5.41) is 14.2. The van der Waals surface area contributed by atoms with Crippen molar-refractivity contribution in [3.8, 4) is 0 Å². The highest BCUT2D eigenvalue weighted by atomic mass is 32.2. The number of aliphatic hydroxyl groups excluding tert-OH is 1. The van der Waals surface area contributed by atoms with Gasteiger partial charge in [-0.3, -0.25) is 4.40 Å². The first-order valence-corrected chi connectivity index (χ1v) is 7.51. The Morgan fingerprint density at radius 3 is 3.00 bits per heavy atom. The molecule has 0 aromatic carbocycles. The van der Waals surface area contributed by atoms with Crippen molar-refractivity contribution in [2.45, 2.75) is 22.9 Å². The SMILES string of the molecule is Cc1csc(Sc2nc3sccn3c2CO)n1. The van der Waals surface area contributed by atoms with Gasteiger partial charge in [0.1, 0.15) is 5.03 Å². The molecule has 0 radical (unpaired) electrons. The molecule has 0 unspecified atom stereocenters. The first kappa shape index (κ1) is 11.2. The molecule has 3 aromatic heterocycles. The molecule has 7 heteroatoms. The standard InChI is InChI=1S/C10H9N3OS3/c1-6-5-16-10(11-6)17-8-7(4-14)13-2-3-15-9(13)12-8/h2-3,5,14H,4H2,1H3. The van der Waals surface area contributed by atoms with Crippen LogP contribution in [0.3, 0.4) is 0 Å². The lowest BCUT2D eigenvalue weighted by atomic mass is 10.5. The Kier molecular flexibility index (Phi) is 2.91. The van der Waals surface area contributed by atoms with E-state index in [-0.39, 0.29) is 6.61 Å². The first-order valence-electron chi connectivity index (χ1n) is 4.93. The average molecular weight is 283 g/mol. The van der Waals surface area contributed by atoms with E-state index in [2.05, 4.69) is 9.97 Å². The Morgan fingerprint density at radius 1 is 1.41 bits per heavy atom. The van der Waals surface area contributed by atoms with E-state index in [0.717, 1.165) is 25.7 Å². The van der Waals surface area contributed by atoms with Gasteiger partial charge in [0.2, 0.25) is 0 Å². The highest BCUT2D eigenvalue weighted by molar-refractivity contribution is 8.01. The summed E-state index contributed by atoms with van der Waals surface area (Å²) in [7, 11) is 0. The Labute approximate surface area is 110 Å². The molecule has 0 saturated heterocycles. The van der Waals surface area contributed by atoms with E-state index in [1.165, 1.54) is 11.8 Å². The van der Waals surface area contributed by atoms with Crippen LogP contribution in [-0.4, -0.2) is 19.5 Å². The maximum Gasteiger partial charge on any atom is 0.195 e. The number of rotatable bonds is 3. The molecule has 1 N–H and O–H groups in total. The van der Waals surface area contributed by atoms with Crippen LogP contribution in [0.4, 0.5) is 0 Å². The molecule has 0 fully saturated rings. The molecule has 88 valence electrons. The number of aryl methyl sites for hydroxylation is 1. The maximum atomic E-state index is 9.42. The van der Waals surface area contributed by atoms with Crippen LogP contribution in [0.2, 0.25) is 0 Å². The number of thiazole rings is 2. The summed E-state index contributed by atoms with van der Waals surface area (Å²) >= 11 is 4.68. The van der Waals surface area contributed by atoms with Gasteiger partial charge in [-0.25, -0.2) is 9.97 Å². The third-order valence-corrected chi connectivity index (χ3v) is 5.09. The van der Waals surface area contributed by atoms with Gasteiger partial charge in [-0.1, -0.05) is 0 Å². The molecule has 0 aliphatic carbocycles. The second-order valence-electron chi connectivity index (χ2n) is 3.43. The van der Waals surface area contributed by atoms with Crippen LogP contribution < -0.4 is 0 Å². The molecule has 0 amide bonds. The van der Waals surface area contributed by atoms with Crippen LogP contribution in [0.5, 0.6) is 0 Å². The van der Waals surface area contributed by atoms with Crippen molar-refractivity contribution in [2.24, 2.45) is 0 Å². The molecule has 17 heavy (non-hydrogen) atoms. The van der Waals surface area contributed by atoms with Crippen molar-refractivity contribution in [2.75, 3.05) is 0 Å². The maximum absolute atomic E-state index is 9.42. The van der Waals surface area contributed by atoms with E-state index in [1.807, 2.05) is 28.3 Å². The average Bonchev–Trinajstić information content (AvgIpc) is 2.95. The van der Waals surface area contributed by atoms with Crippen LogP contribution in [-0.2, 0) is 6.61 Å². The molecule has 0 aliphatic heterocycles. The van der Waals surface area contributed by atoms with Crippen molar-refractivity contribution >= 4 is 39.4 Å². The smallest absolute Gasteiger partial charge is 0.195 e. The fourth-order valence-electron chi connectivity index (χ4n) is 1.50. The van der Waals surface area contributed by atoms with Gasteiger partial charge < -0.3 is 5.11 Å². The minimum absolute atomic E-state index is 0.00933. The molecule has 0 bridgehead atoms. The largest absolute Gasteiger partial charge is 0.390 e. The van der Waals surface area contributed by atoms with Crippen molar-refractivity contribution in [1.82, 2.24) is 14.4 Å². The zero-order valence-electron chi connectivity index (χ0n) is 8.95. The van der Waals surface area contributed by atoms with E-state index < -0.39 is 0 Å². The first-order chi connectivity index (χ1) is 8.28. The van der Waals surface area contributed by atoms with E-state index in [9.17, 15) is 5.11 Å². The lowest BCUT2D eigenvalue weighted by Crippen LogP contribution is -1.90. The molecule has 0 spiro atoms. The third-order valence-electron chi connectivity index (χ3n) is 2.26. The van der Waals surface area contributed by atoms with Gasteiger partial charge in [0.15, 0.2) is 9.30 Å². The monoisotopic (exact) mass is 283 g/mol. The molecular weight excluding hydrogens is 274 g/mol. The lowest BCUT2D eigenvalue weighted by Gasteiger charge is -1.97. The fraction of sp³-hybridized carbons (Fsp3) is 0.200. The molecule has 0 aliphatic rings. The summed E-state index contributed by atoms with van der Waals surface area (Å²) in [6.07, 6.45) is 1.93. The van der Waals surface area contributed by atoms with Crippen molar-refractivity contribution in [3.63, 3.8) is 0 Å². The van der Waals surface area contributed by atoms with Gasteiger partial charge >= 0.3 is 0 Å². The van der Waals surface area contributed by atoms with Gasteiger partial charge in [0, 0.05) is 22.7 Å². The van der Waals surface area contributed by atoms with Gasteiger partial charge in [0.25, 0.3) is 0 Å². The van der Waals surface area contributed by atoms with Crippen LogP contribution in [0.25, 0.3) is 4.96 Å². The predicted octanol–water partition coefficient (Wildman–Crippen LogP) is 2.80. The van der Waals surface area contributed by atoms with Gasteiger partial charge in [-0.05, 0) is 18.7 Å². The van der Waals surface area contributed by atoms with Crippen LogP contribution in [0.15, 0.2) is 26.3 Å². The molecule has 0 atom stereocenters. The molecule has 3 rings (SSSR count). The van der Waals surface area contributed by atoms with Crippen molar-refractivity contribution in [1.29, 1.82) is 0 Å². The number of imidazole rings is 1. The Morgan fingerprint density at radius 2 is 2.29 bits per heavy atom. The normalized spacial score (nSPS) is 11.4.